The first-order valence-electron chi connectivity index (χ1n) is 2.76. The Morgan fingerprint density at radius 3 is 2.00 bits per heavy atom. The average Bonchev–Trinajstić information content (AvgIpc) is 1.88. The van der Waals surface area contributed by atoms with Crippen LogP contribution in [-0.2, 0) is 11.7 Å². The molecule has 0 atom stereocenters. The van der Waals surface area contributed by atoms with Crippen LogP contribution in [0.2, 0.25) is 0 Å². The fourth-order valence-corrected chi connectivity index (χ4v) is 0.670. The van der Waals surface area contributed by atoms with Crippen molar-refractivity contribution in [1.82, 2.24) is 0 Å². The maximum absolute atomic E-state index is 12.4. The molecule has 0 N–H and O–H groups in total. The molecule has 53 valence electrons. The Morgan fingerprint density at radius 1 is 1.20 bits per heavy atom. The van der Waals surface area contributed by atoms with E-state index in [4.69, 9.17) is 0 Å². The van der Waals surface area contributed by atoms with Crippen molar-refractivity contribution in [2.45, 2.75) is 6.61 Å². The lowest BCUT2D eigenvalue weighted by Gasteiger charge is -1.96. The van der Waals surface area contributed by atoms with Crippen LogP contribution < -0.4 is 0 Å². The Kier molecular flexibility index (Phi) is 1.97. The summed E-state index contributed by atoms with van der Waals surface area (Å²) in [5, 5.41) is 10.1. The van der Waals surface area contributed by atoms with Crippen LogP contribution in [0.3, 0.4) is 0 Å². The molecule has 1 nitrogen and oxygen atoms in total. The van der Waals surface area contributed by atoms with Crippen LogP contribution in [-0.4, -0.2) is 0 Å². The van der Waals surface area contributed by atoms with Crippen LogP contribution in [0.15, 0.2) is 18.2 Å². The highest BCUT2D eigenvalue weighted by Gasteiger charge is 2.05. The van der Waals surface area contributed by atoms with Crippen molar-refractivity contribution in [3.63, 3.8) is 0 Å². The fraction of sp³-hybridized carbons (Fsp3) is 0.143. The minimum absolute atomic E-state index is 0.387. The molecule has 1 rings (SSSR count). The molecule has 0 fully saturated rings. The third-order valence-corrected chi connectivity index (χ3v) is 1.21. The molecule has 1 radical (unpaired) electrons. The first kappa shape index (κ1) is 7.15. The maximum Gasteiger partial charge on any atom is 0.131 e. The molecule has 0 saturated heterocycles. The smallest absolute Gasteiger partial charge is 0.131 e. The molecule has 0 bridgehead atoms. The predicted octanol–water partition coefficient (Wildman–Crippen LogP) is 1.90. The first-order valence-corrected chi connectivity index (χ1v) is 2.76. The summed E-state index contributed by atoms with van der Waals surface area (Å²) < 4.78 is 24.8. The van der Waals surface area contributed by atoms with Gasteiger partial charge in [0, 0.05) is 0 Å². The van der Waals surface area contributed by atoms with Gasteiger partial charge in [0.15, 0.2) is 0 Å². The van der Waals surface area contributed by atoms with Crippen molar-refractivity contribution in [3.05, 3.63) is 35.4 Å². The third-order valence-electron chi connectivity index (χ3n) is 1.21. The van der Waals surface area contributed by atoms with E-state index in [1.54, 1.807) is 0 Å². The minimum Gasteiger partial charge on any atom is -0.231 e. The summed E-state index contributed by atoms with van der Waals surface area (Å²) in [6.07, 6.45) is 0. The van der Waals surface area contributed by atoms with Crippen molar-refractivity contribution >= 4 is 0 Å². The van der Waals surface area contributed by atoms with Gasteiger partial charge in [-0.3, -0.25) is 0 Å². The summed E-state index contributed by atoms with van der Waals surface area (Å²) in [7, 11) is 0. The highest BCUT2D eigenvalue weighted by atomic mass is 19.1. The van der Waals surface area contributed by atoms with Crippen molar-refractivity contribution in [1.29, 1.82) is 0 Å². The molecule has 3 heteroatoms. The standard InChI is InChI=1S/C7H5F2O/c8-6-2-1-3-7(9)5(6)4-10/h1-3H,4H2. The number of hydrogen-bond acceptors (Lipinski definition) is 0. The van der Waals surface area contributed by atoms with Gasteiger partial charge in [0.05, 0.1) is 5.56 Å². The highest BCUT2D eigenvalue weighted by molar-refractivity contribution is 5.18. The van der Waals surface area contributed by atoms with E-state index in [1.165, 1.54) is 6.07 Å². The maximum atomic E-state index is 12.4. The Labute approximate surface area is 56.9 Å². The number of halogens is 2. The molecular formula is C7H5F2O. The molecule has 0 saturated carbocycles. The van der Waals surface area contributed by atoms with E-state index in [0.29, 0.717) is 0 Å². The second kappa shape index (κ2) is 2.75. The van der Waals surface area contributed by atoms with Crippen molar-refractivity contribution < 1.29 is 13.9 Å². The third kappa shape index (κ3) is 1.14. The summed E-state index contributed by atoms with van der Waals surface area (Å²) in [5.74, 6) is -1.54. The van der Waals surface area contributed by atoms with Gasteiger partial charge in [-0.25, -0.2) is 13.9 Å². The summed E-state index contributed by atoms with van der Waals surface area (Å²) in [6.45, 7) is -0.849. The van der Waals surface area contributed by atoms with Crippen LogP contribution in [0.25, 0.3) is 0 Å². The number of hydrogen-bond donors (Lipinski definition) is 0. The second-order valence-corrected chi connectivity index (χ2v) is 1.84. The Morgan fingerprint density at radius 2 is 1.70 bits per heavy atom. The zero-order valence-corrected chi connectivity index (χ0v) is 5.10. The summed E-state index contributed by atoms with van der Waals surface area (Å²) in [4.78, 5) is 0. The Bertz CT molecular complexity index is 215. The zero-order chi connectivity index (χ0) is 7.56. The number of rotatable bonds is 1. The van der Waals surface area contributed by atoms with Gasteiger partial charge in [-0.1, -0.05) is 6.07 Å². The molecule has 0 spiro atoms. The van der Waals surface area contributed by atoms with E-state index in [-0.39, 0.29) is 5.56 Å². The predicted molar refractivity (Wildman–Crippen MR) is 30.7 cm³/mol. The fourth-order valence-electron chi connectivity index (χ4n) is 0.670. The molecule has 0 aliphatic rings. The molecule has 0 amide bonds. The normalized spacial score (nSPS) is 9.90. The largest absolute Gasteiger partial charge is 0.231 e. The Balaban J connectivity index is 3.17. The minimum atomic E-state index is -0.849. The quantitative estimate of drug-likeness (QED) is 0.572. The molecule has 0 unspecified atom stereocenters. The first-order chi connectivity index (χ1) is 4.75. The van der Waals surface area contributed by atoms with Crippen LogP contribution >= 0.6 is 0 Å². The van der Waals surface area contributed by atoms with Gasteiger partial charge in [-0.2, -0.15) is 0 Å². The van der Waals surface area contributed by atoms with Gasteiger partial charge in [0.25, 0.3) is 0 Å². The van der Waals surface area contributed by atoms with Gasteiger partial charge in [0.1, 0.15) is 18.2 Å². The van der Waals surface area contributed by atoms with Gasteiger partial charge in [-0.15, -0.1) is 0 Å². The van der Waals surface area contributed by atoms with Crippen LogP contribution in [0.1, 0.15) is 5.56 Å². The van der Waals surface area contributed by atoms with E-state index in [0.717, 1.165) is 12.1 Å². The van der Waals surface area contributed by atoms with E-state index in [1.807, 2.05) is 0 Å². The Hall–Kier alpha value is -0.960. The monoisotopic (exact) mass is 143 g/mol. The van der Waals surface area contributed by atoms with E-state index in [9.17, 15) is 13.9 Å². The lowest BCUT2D eigenvalue weighted by Crippen LogP contribution is -1.92. The van der Waals surface area contributed by atoms with Gasteiger partial charge in [-0.05, 0) is 12.1 Å². The summed E-state index contributed by atoms with van der Waals surface area (Å²) in [5.41, 5.74) is -0.387. The lowest BCUT2D eigenvalue weighted by atomic mass is 10.2. The summed E-state index contributed by atoms with van der Waals surface area (Å²) in [6, 6.07) is 3.36. The van der Waals surface area contributed by atoms with Gasteiger partial charge >= 0.3 is 0 Å². The van der Waals surface area contributed by atoms with E-state index in [2.05, 4.69) is 0 Å². The second-order valence-electron chi connectivity index (χ2n) is 1.84. The topological polar surface area (TPSA) is 19.9 Å². The highest BCUT2D eigenvalue weighted by Crippen LogP contribution is 2.10. The van der Waals surface area contributed by atoms with Crippen LogP contribution in [0.4, 0.5) is 8.78 Å². The van der Waals surface area contributed by atoms with Crippen molar-refractivity contribution in [2.75, 3.05) is 0 Å². The van der Waals surface area contributed by atoms with E-state index >= 15 is 0 Å². The molecule has 0 aliphatic carbocycles. The van der Waals surface area contributed by atoms with E-state index < -0.39 is 18.2 Å². The number of benzene rings is 1. The molecule has 0 heterocycles. The average molecular weight is 143 g/mol. The molecule has 10 heavy (non-hydrogen) atoms. The molecular weight excluding hydrogens is 138 g/mol. The molecule has 0 aromatic heterocycles. The molecule has 1 aromatic rings. The summed E-state index contributed by atoms with van der Waals surface area (Å²) >= 11 is 0. The molecule has 0 aliphatic heterocycles. The van der Waals surface area contributed by atoms with Crippen LogP contribution in [0, 0.1) is 11.6 Å². The molecule has 1 aromatic carbocycles. The van der Waals surface area contributed by atoms with Gasteiger partial charge in [0.2, 0.25) is 0 Å². The van der Waals surface area contributed by atoms with Crippen molar-refractivity contribution in [2.24, 2.45) is 0 Å². The SMILES string of the molecule is [O]Cc1c(F)cccc1F. The van der Waals surface area contributed by atoms with Crippen molar-refractivity contribution in [3.8, 4) is 0 Å². The lowest BCUT2D eigenvalue weighted by molar-refractivity contribution is 0.170. The van der Waals surface area contributed by atoms with Gasteiger partial charge < -0.3 is 0 Å². The van der Waals surface area contributed by atoms with Crippen LogP contribution in [0.5, 0.6) is 0 Å². The zero-order valence-electron chi connectivity index (χ0n) is 5.10.